The summed E-state index contributed by atoms with van der Waals surface area (Å²) in [5.41, 5.74) is -0.225. The van der Waals surface area contributed by atoms with Crippen molar-refractivity contribution in [2.45, 2.75) is 19.2 Å². The van der Waals surface area contributed by atoms with Gasteiger partial charge in [0, 0.05) is 0 Å². The lowest BCUT2D eigenvalue weighted by atomic mass is 10.1. The summed E-state index contributed by atoms with van der Waals surface area (Å²) in [6.45, 7) is 4.55. The van der Waals surface area contributed by atoms with Crippen molar-refractivity contribution in [3.8, 4) is 0 Å². The summed E-state index contributed by atoms with van der Waals surface area (Å²) in [6, 6.07) is 0. The number of halogens is 3. The molecule has 0 aromatic rings. The Morgan fingerprint density at radius 1 is 1.55 bits per heavy atom. The quantitative estimate of drug-likeness (QED) is 0.622. The van der Waals surface area contributed by atoms with Gasteiger partial charge in [-0.3, -0.25) is 0 Å². The van der Waals surface area contributed by atoms with Gasteiger partial charge >= 0.3 is 6.18 Å². The number of hydrogen-bond acceptors (Lipinski definition) is 1. The van der Waals surface area contributed by atoms with E-state index < -0.39 is 12.3 Å². The number of hydrogen-bond donors (Lipinski definition) is 1. The second kappa shape index (κ2) is 3.57. The van der Waals surface area contributed by atoms with Crippen LogP contribution in [0, 0.1) is 0 Å². The number of allylic oxidation sites excluding steroid dienone is 1. The number of rotatable bonds is 2. The van der Waals surface area contributed by atoms with E-state index in [-0.39, 0.29) is 5.57 Å². The summed E-state index contributed by atoms with van der Waals surface area (Å²) in [4.78, 5) is 0. The molecule has 0 heterocycles. The lowest BCUT2D eigenvalue weighted by Gasteiger charge is -2.14. The molecule has 4 heteroatoms. The van der Waals surface area contributed by atoms with E-state index in [1.807, 2.05) is 0 Å². The van der Waals surface area contributed by atoms with Crippen LogP contribution >= 0.6 is 0 Å². The molecule has 64 valence electrons. The molecule has 1 unspecified atom stereocenters. The third-order valence-electron chi connectivity index (χ3n) is 1.19. The van der Waals surface area contributed by atoms with Gasteiger partial charge in [-0.25, -0.2) is 0 Å². The summed E-state index contributed by atoms with van der Waals surface area (Å²) >= 11 is 0. The molecule has 0 radical (unpaired) electrons. The van der Waals surface area contributed by atoms with E-state index in [1.165, 1.54) is 13.0 Å². The van der Waals surface area contributed by atoms with Gasteiger partial charge in [-0.1, -0.05) is 18.7 Å². The van der Waals surface area contributed by atoms with Crippen molar-refractivity contribution < 1.29 is 18.3 Å². The maximum atomic E-state index is 11.7. The Kier molecular flexibility index (Phi) is 3.32. The lowest BCUT2D eigenvalue weighted by Crippen LogP contribution is -2.29. The predicted octanol–water partition coefficient (Wildman–Crippen LogP) is 2.04. The zero-order chi connectivity index (χ0) is 9.07. The molecule has 0 aliphatic heterocycles. The van der Waals surface area contributed by atoms with E-state index >= 15 is 0 Å². The van der Waals surface area contributed by atoms with E-state index in [2.05, 4.69) is 6.58 Å². The normalized spacial score (nSPS) is 16.3. The van der Waals surface area contributed by atoms with Crippen LogP contribution in [-0.2, 0) is 0 Å². The summed E-state index contributed by atoms with van der Waals surface area (Å²) < 4.78 is 35.2. The fourth-order valence-electron chi connectivity index (χ4n) is 0.576. The van der Waals surface area contributed by atoms with E-state index in [0.29, 0.717) is 0 Å². The van der Waals surface area contributed by atoms with E-state index in [1.54, 1.807) is 0 Å². The fourth-order valence-corrected chi connectivity index (χ4v) is 0.576. The fraction of sp³-hybridized carbons (Fsp3) is 0.429. The third-order valence-corrected chi connectivity index (χ3v) is 1.19. The van der Waals surface area contributed by atoms with Crippen molar-refractivity contribution in [1.82, 2.24) is 0 Å². The molecule has 0 saturated heterocycles. The molecule has 0 spiro atoms. The Morgan fingerprint density at radius 3 is 2.09 bits per heavy atom. The van der Waals surface area contributed by atoms with Gasteiger partial charge in [0.15, 0.2) is 6.10 Å². The van der Waals surface area contributed by atoms with Gasteiger partial charge in [0.1, 0.15) is 0 Å². The first-order chi connectivity index (χ1) is 4.93. The summed E-state index contributed by atoms with van der Waals surface area (Å²) in [7, 11) is 0. The third kappa shape index (κ3) is 2.76. The summed E-state index contributed by atoms with van der Waals surface area (Å²) in [5, 5.41) is 8.58. The van der Waals surface area contributed by atoms with Crippen LogP contribution in [0.4, 0.5) is 13.2 Å². The van der Waals surface area contributed by atoms with Crippen LogP contribution in [0.15, 0.2) is 24.3 Å². The number of alkyl halides is 3. The zero-order valence-corrected chi connectivity index (χ0v) is 6.02. The van der Waals surface area contributed by atoms with Crippen LogP contribution in [0.25, 0.3) is 0 Å². The van der Waals surface area contributed by atoms with E-state index in [9.17, 15) is 13.2 Å². The monoisotopic (exact) mass is 166 g/mol. The first kappa shape index (κ1) is 10.2. The summed E-state index contributed by atoms with van der Waals surface area (Å²) in [6.07, 6.45) is -4.86. The molecule has 1 nitrogen and oxygen atoms in total. The molecule has 0 aromatic carbocycles. The highest BCUT2D eigenvalue weighted by atomic mass is 19.4. The molecule has 0 fully saturated rings. The minimum absolute atomic E-state index is 0.225. The van der Waals surface area contributed by atoms with Gasteiger partial charge < -0.3 is 5.11 Å². The van der Waals surface area contributed by atoms with Crippen molar-refractivity contribution >= 4 is 0 Å². The van der Waals surface area contributed by atoms with Crippen molar-refractivity contribution in [2.24, 2.45) is 0 Å². The first-order valence-corrected chi connectivity index (χ1v) is 2.97. The molecular formula is C7H9F3O. The molecule has 0 saturated carbocycles. The van der Waals surface area contributed by atoms with Crippen LogP contribution in [0.1, 0.15) is 6.92 Å². The minimum atomic E-state index is -4.60. The number of aliphatic hydroxyl groups is 1. The molecule has 1 atom stereocenters. The van der Waals surface area contributed by atoms with Crippen LogP contribution in [0.5, 0.6) is 0 Å². The highest BCUT2D eigenvalue weighted by molar-refractivity contribution is 5.21. The number of aliphatic hydroxyl groups excluding tert-OH is 1. The highest BCUT2D eigenvalue weighted by Crippen LogP contribution is 2.25. The van der Waals surface area contributed by atoms with Crippen molar-refractivity contribution in [3.05, 3.63) is 24.3 Å². The van der Waals surface area contributed by atoms with Gasteiger partial charge in [-0.2, -0.15) is 13.2 Å². The molecule has 11 heavy (non-hydrogen) atoms. The second-order valence-electron chi connectivity index (χ2n) is 1.94. The Labute approximate surface area is 62.8 Å². The maximum Gasteiger partial charge on any atom is 0.418 e. The molecule has 1 N–H and O–H groups in total. The molecule has 0 aliphatic carbocycles. The topological polar surface area (TPSA) is 20.2 Å². The zero-order valence-electron chi connectivity index (χ0n) is 6.02. The smallest absolute Gasteiger partial charge is 0.379 e. The van der Waals surface area contributed by atoms with Crippen LogP contribution in [-0.4, -0.2) is 17.4 Å². The first-order valence-electron chi connectivity index (χ1n) is 2.97. The molecule has 0 aliphatic rings. The largest absolute Gasteiger partial charge is 0.418 e. The standard InChI is InChI=1S/C7H9F3O/c1-3-5(4-2)6(11)7(8,9)10/h3-4,6,11H,1H2,2H3/b5-4+. The molecule has 0 amide bonds. The van der Waals surface area contributed by atoms with Crippen LogP contribution < -0.4 is 0 Å². The second-order valence-corrected chi connectivity index (χ2v) is 1.94. The molecular weight excluding hydrogens is 157 g/mol. The Bertz CT molecular complexity index is 169. The predicted molar refractivity (Wildman–Crippen MR) is 36.0 cm³/mol. The maximum absolute atomic E-state index is 11.7. The minimum Gasteiger partial charge on any atom is -0.379 e. The van der Waals surface area contributed by atoms with E-state index in [4.69, 9.17) is 5.11 Å². The van der Waals surface area contributed by atoms with Crippen molar-refractivity contribution in [2.75, 3.05) is 0 Å². The lowest BCUT2D eigenvalue weighted by molar-refractivity contribution is -0.190. The van der Waals surface area contributed by atoms with Crippen molar-refractivity contribution in [3.63, 3.8) is 0 Å². The van der Waals surface area contributed by atoms with Gasteiger partial charge in [0.2, 0.25) is 0 Å². The Balaban J connectivity index is 4.47. The molecule has 0 bridgehead atoms. The van der Waals surface area contributed by atoms with Gasteiger partial charge in [-0.05, 0) is 12.5 Å². The van der Waals surface area contributed by atoms with Gasteiger partial charge in [0.05, 0.1) is 0 Å². The SMILES string of the molecule is C=C/C(=C\C)C(O)C(F)(F)F. The summed E-state index contributed by atoms with van der Waals surface area (Å²) in [5.74, 6) is 0. The van der Waals surface area contributed by atoms with Gasteiger partial charge in [0.25, 0.3) is 0 Å². The van der Waals surface area contributed by atoms with E-state index in [0.717, 1.165) is 6.08 Å². The Morgan fingerprint density at radius 2 is 2.00 bits per heavy atom. The van der Waals surface area contributed by atoms with Crippen LogP contribution in [0.2, 0.25) is 0 Å². The molecule has 0 aromatic heterocycles. The van der Waals surface area contributed by atoms with Gasteiger partial charge in [-0.15, -0.1) is 0 Å². The average molecular weight is 166 g/mol. The van der Waals surface area contributed by atoms with Crippen LogP contribution in [0.3, 0.4) is 0 Å². The Hall–Kier alpha value is -0.770. The molecule has 0 rings (SSSR count). The van der Waals surface area contributed by atoms with Crippen molar-refractivity contribution in [1.29, 1.82) is 0 Å². The highest BCUT2D eigenvalue weighted by Gasteiger charge is 2.39. The average Bonchev–Trinajstić information content (AvgIpc) is 1.88.